The van der Waals surface area contributed by atoms with Crippen molar-refractivity contribution in [3.8, 4) is 6.07 Å². The lowest BCUT2D eigenvalue weighted by Gasteiger charge is -2.08. The number of thioether (sulfide) groups is 1. The van der Waals surface area contributed by atoms with Gasteiger partial charge in [-0.1, -0.05) is 16.9 Å². The van der Waals surface area contributed by atoms with E-state index in [0.717, 1.165) is 11.5 Å². The minimum Gasteiger partial charge on any atom is -0.381 e. The molecule has 0 atom stereocenters. The van der Waals surface area contributed by atoms with E-state index >= 15 is 0 Å². The van der Waals surface area contributed by atoms with E-state index in [1.54, 1.807) is 18.3 Å². The van der Waals surface area contributed by atoms with Crippen LogP contribution in [0.3, 0.4) is 0 Å². The van der Waals surface area contributed by atoms with Gasteiger partial charge in [0.1, 0.15) is 22.4 Å². The second-order valence-electron chi connectivity index (χ2n) is 6.01. The SMILES string of the molecule is Cc1cc(CSc2ncccc2C(=O)NCCCc2[nH]nc(N)c2C#N)no1. The summed E-state index contributed by atoms with van der Waals surface area (Å²) >= 11 is 1.43. The first-order valence-corrected chi connectivity index (χ1v) is 9.58. The molecule has 28 heavy (non-hydrogen) atoms. The molecule has 3 aromatic heterocycles. The number of carbonyl (C=O) groups excluding carboxylic acids is 1. The molecule has 3 rings (SSSR count). The van der Waals surface area contributed by atoms with Crippen LogP contribution in [0.5, 0.6) is 0 Å². The molecular weight excluding hydrogens is 378 g/mol. The smallest absolute Gasteiger partial charge is 0.254 e. The highest BCUT2D eigenvalue weighted by Crippen LogP contribution is 2.24. The van der Waals surface area contributed by atoms with E-state index in [-0.39, 0.29) is 11.7 Å². The topological polar surface area (TPSA) is 147 Å². The lowest BCUT2D eigenvalue weighted by Crippen LogP contribution is -2.25. The number of carbonyl (C=O) groups is 1. The van der Waals surface area contributed by atoms with Crippen molar-refractivity contribution in [1.29, 1.82) is 5.26 Å². The van der Waals surface area contributed by atoms with Gasteiger partial charge >= 0.3 is 0 Å². The number of aryl methyl sites for hydroxylation is 2. The molecule has 0 saturated carbocycles. The molecule has 0 spiro atoms. The Hall–Kier alpha value is -3.32. The molecule has 0 aliphatic carbocycles. The number of aromatic nitrogens is 4. The first-order chi connectivity index (χ1) is 13.6. The number of nitriles is 1. The Kier molecular flexibility index (Phi) is 6.29. The zero-order chi connectivity index (χ0) is 19.9. The summed E-state index contributed by atoms with van der Waals surface area (Å²) < 4.78 is 5.05. The van der Waals surface area contributed by atoms with Gasteiger partial charge < -0.3 is 15.6 Å². The van der Waals surface area contributed by atoms with E-state index in [1.165, 1.54) is 11.8 Å². The fourth-order valence-electron chi connectivity index (χ4n) is 2.57. The van der Waals surface area contributed by atoms with Crippen molar-refractivity contribution >= 4 is 23.5 Å². The van der Waals surface area contributed by atoms with Gasteiger partial charge in [0.05, 0.1) is 17.0 Å². The second-order valence-corrected chi connectivity index (χ2v) is 6.97. The fourth-order valence-corrected chi connectivity index (χ4v) is 3.44. The largest absolute Gasteiger partial charge is 0.381 e. The molecule has 0 aliphatic heterocycles. The van der Waals surface area contributed by atoms with E-state index in [1.807, 2.05) is 19.1 Å². The molecule has 3 heterocycles. The van der Waals surface area contributed by atoms with Crippen LogP contribution in [0.4, 0.5) is 5.82 Å². The number of nitrogen functional groups attached to an aromatic ring is 1. The molecule has 0 aliphatic rings. The number of H-pyrrole nitrogens is 1. The van der Waals surface area contributed by atoms with E-state index in [2.05, 4.69) is 25.7 Å². The van der Waals surface area contributed by atoms with Gasteiger partial charge in [-0.05, 0) is 31.9 Å². The number of nitrogens with zero attached hydrogens (tertiary/aromatic N) is 4. The number of anilines is 1. The summed E-state index contributed by atoms with van der Waals surface area (Å²) in [5, 5.41) is 23.1. The maximum Gasteiger partial charge on any atom is 0.254 e. The zero-order valence-electron chi connectivity index (χ0n) is 15.2. The number of nitrogens with one attached hydrogen (secondary N) is 2. The summed E-state index contributed by atoms with van der Waals surface area (Å²) in [6.45, 7) is 2.28. The molecule has 0 saturated heterocycles. The standard InChI is InChI=1S/C18H19N7O2S/c1-11-8-12(25-27-11)10-28-18-13(4-2-7-22-18)17(26)21-6-3-5-15-14(9-19)16(20)24-23-15/h2,4,7-8H,3,5-6,10H2,1H3,(H,21,26)(H3,20,23,24). The van der Waals surface area contributed by atoms with E-state index in [4.69, 9.17) is 15.5 Å². The maximum atomic E-state index is 12.5. The lowest BCUT2D eigenvalue weighted by molar-refractivity contribution is 0.0949. The average molecular weight is 397 g/mol. The molecule has 10 heteroatoms. The average Bonchev–Trinajstić information content (AvgIpc) is 3.28. The second kappa shape index (κ2) is 9.05. The van der Waals surface area contributed by atoms with Crippen LogP contribution >= 0.6 is 11.8 Å². The molecule has 0 fully saturated rings. The van der Waals surface area contributed by atoms with Crippen molar-refractivity contribution in [1.82, 2.24) is 25.7 Å². The molecule has 0 aromatic carbocycles. The molecular formula is C18H19N7O2S. The number of amides is 1. The number of nitrogens with two attached hydrogens (primary N) is 1. The minimum absolute atomic E-state index is 0.195. The van der Waals surface area contributed by atoms with Crippen molar-refractivity contribution in [2.24, 2.45) is 0 Å². The summed E-state index contributed by atoms with van der Waals surface area (Å²) in [5.74, 6) is 1.30. The summed E-state index contributed by atoms with van der Waals surface area (Å²) in [6, 6.07) is 7.35. The molecule has 0 radical (unpaired) electrons. The van der Waals surface area contributed by atoms with E-state index < -0.39 is 0 Å². The number of hydrogen-bond donors (Lipinski definition) is 3. The summed E-state index contributed by atoms with van der Waals surface area (Å²) in [7, 11) is 0. The maximum absolute atomic E-state index is 12.5. The Morgan fingerprint density at radius 2 is 2.36 bits per heavy atom. The van der Waals surface area contributed by atoms with Gasteiger partial charge in [-0.2, -0.15) is 10.4 Å². The van der Waals surface area contributed by atoms with Crippen LogP contribution in [0.1, 0.15) is 39.5 Å². The summed E-state index contributed by atoms with van der Waals surface area (Å²) in [5.41, 5.74) is 7.96. The Morgan fingerprint density at radius 1 is 1.50 bits per heavy atom. The van der Waals surface area contributed by atoms with Crippen LogP contribution in [0.2, 0.25) is 0 Å². The molecule has 1 amide bonds. The number of aromatic amines is 1. The van der Waals surface area contributed by atoms with Crippen LogP contribution < -0.4 is 11.1 Å². The number of pyridine rings is 1. The van der Waals surface area contributed by atoms with Crippen molar-refractivity contribution < 1.29 is 9.32 Å². The number of rotatable bonds is 8. The van der Waals surface area contributed by atoms with Crippen LogP contribution in [-0.4, -0.2) is 32.8 Å². The van der Waals surface area contributed by atoms with Gasteiger partial charge in [-0.3, -0.25) is 9.89 Å². The fraction of sp³-hybridized carbons (Fsp3) is 0.278. The van der Waals surface area contributed by atoms with Gasteiger partial charge in [-0.25, -0.2) is 4.98 Å². The molecule has 144 valence electrons. The van der Waals surface area contributed by atoms with Crippen LogP contribution in [0.25, 0.3) is 0 Å². The molecule has 0 unspecified atom stereocenters. The molecule has 0 bridgehead atoms. The molecule has 4 N–H and O–H groups in total. The van der Waals surface area contributed by atoms with Crippen molar-refractivity contribution in [3.05, 3.63) is 52.7 Å². The van der Waals surface area contributed by atoms with Gasteiger partial charge in [-0.15, -0.1) is 0 Å². The van der Waals surface area contributed by atoms with E-state index in [9.17, 15) is 4.79 Å². The summed E-state index contributed by atoms with van der Waals surface area (Å²) in [4.78, 5) is 16.8. The molecule has 3 aromatic rings. The van der Waals surface area contributed by atoms with Crippen molar-refractivity contribution in [2.45, 2.75) is 30.5 Å². The third kappa shape index (κ3) is 4.69. The van der Waals surface area contributed by atoms with E-state index in [0.29, 0.717) is 47.0 Å². The normalized spacial score (nSPS) is 10.6. The summed E-state index contributed by atoms with van der Waals surface area (Å²) in [6.07, 6.45) is 2.86. The van der Waals surface area contributed by atoms with Gasteiger partial charge in [0, 0.05) is 24.6 Å². The van der Waals surface area contributed by atoms with Crippen LogP contribution in [0.15, 0.2) is 33.9 Å². The Labute approximate surface area is 165 Å². The number of hydrogen-bond acceptors (Lipinski definition) is 8. The quantitative estimate of drug-likeness (QED) is 0.387. The van der Waals surface area contributed by atoms with Gasteiger partial charge in [0.15, 0.2) is 5.82 Å². The van der Waals surface area contributed by atoms with Crippen LogP contribution in [-0.2, 0) is 12.2 Å². The van der Waals surface area contributed by atoms with Crippen molar-refractivity contribution in [3.63, 3.8) is 0 Å². The van der Waals surface area contributed by atoms with Gasteiger partial charge in [0.25, 0.3) is 5.91 Å². The third-order valence-electron chi connectivity index (χ3n) is 3.92. The highest BCUT2D eigenvalue weighted by Gasteiger charge is 2.14. The molecule has 9 nitrogen and oxygen atoms in total. The van der Waals surface area contributed by atoms with Crippen molar-refractivity contribution in [2.75, 3.05) is 12.3 Å². The Morgan fingerprint density at radius 3 is 3.11 bits per heavy atom. The van der Waals surface area contributed by atoms with Crippen LogP contribution in [0, 0.1) is 18.3 Å². The Balaban J connectivity index is 1.53. The zero-order valence-corrected chi connectivity index (χ0v) is 16.0. The minimum atomic E-state index is -0.198. The first-order valence-electron chi connectivity index (χ1n) is 8.59. The first kappa shape index (κ1) is 19.4. The predicted molar refractivity (Wildman–Crippen MR) is 103 cm³/mol. The highest BCUT2D eigenvalue weighted by atomic mass is 32.2. The third-order valence-corrected chi connectivity index (χ3v) is 4.96. The lowest BCUT2D eigenvalue weighted by atomic mass is 10.1. The predicted octanol–water partition coefficient (Wildman–Crippen LogP) is 2.21. The highest BCUT2D eigenvalue weighted by molar-refractivity contribution is 7.98. The Bertz CT molecular complexity index is 1010. The monoisotopic (exact) mass is 397 g/mol. The van der Waals surface area contributed by atoms with Gasteiger partial charge in [0.2, 0.25) is 0 Å².